The molecule has 1 aromatic carbocycles. The van der Waals surface area contributed by atoms with Crippen molar-refractivity contribution in [2.75, 3.05) is 13.1 Å². The maximum Gasteiger partial charge on any atom is 0.120 e. The van der Waals surface area contributed by atoms with Gasteiger partial charge in [-0.1, -0.05) is 26.0 Å². The van der Waals surface area contributed by atoms with Crippen LogP contribution in [0.3, 0.4) is 0 Å². The van der Waals surface area contributed by atoms with Crippen LogP contribution >= 0.6 is 0 Å². The van der Waals surface area contributed by atoms with Gasteiger partial charge in [-0.3, -0.25) is 4.90 Å². The zero-order valence-corrected chi connectivity index (χ0v) is 10.9. The molecular formula is C15H23NO. The third kappa shape index (κ3) is 2.47. The van der Waals surface area contributed by atoms with E-state index in [9.17, 15) is 5.11 Å². The minimum absolute atomic E-state index is 0.436. The minimum atomic E-state index is 0.436. The molecule has 0 bridgehead atoms. The lowest BCUT2D eigenvalue weighted by Gasteiger charge is -2.29. The lowest BCUT2D eigenvalue weighted by atomic mass is 10.0. The molecule has 0 aliphatic heterocycles. The molecule has 0 aromatic heterocycles. The van der Waals surface area contributed by atoms with Crippen LogP contribution in [0.25, 0.3) is 0 Å². The Morgan fingerprint density at radius 1 is 1.24 bits per heavy atom. The summed E-state index contributed by atoms with van der Waals surface area (Å²) in [6, 6.07) is 6.38. The van der Waals surface area contributed by atoms with Gasteiger partial charge in [-0.05, 0) is 50.4 Å². The van der Waals surface area contributed by atoms with E-state index in [4.69, 9.17) is 0 Å². The van der Waals surface area contributed by atoms with E-state index in [1.54, 1.807) is 0 Å². The summed E-state index contributed by atoms with van der Waals surface area (Å²) >= 11 is 0. The van der Waals surface area contributed by atoms with E-state index in [1.165, 1.54) is 24.0 Å². The Morgan fingerprint density at radius 3 is 2.59 bits per heavy atom. The number of aryl methyl sites for hydroxylation is 1. The molecule has 0 fully saturated rings. The van der Waals surface area contributed by atoms with Crippen molar-refractivity contribution in [3.05, 3.63) is 29.3 Å². The highest BCUT2D eigenvalue weighted by Gasteiger charge is 2.29. The van der Waals surface area contributed by atoms with E-state index in [1.807, 2.05) is 12.1 Å². The van der Waals surface area contributed by atoms with Crippen molar-refractivity contribution in [3.8, 4) is 5.75 Å². The predicted molar refractivity (Wildman–Crippen MR) is 71.3 cm³/mol. The molecule has 0 spiro atoms. The Hall–Kier alpha value is -1.02. The molecule has 2 heteroatoms. The van der Waals surface area contributed by atoms with Crippen LogP contribution in [0.15, 0.2) is 18.2 Å². The summed E-state index contributed by atoms with van der Waals surface area (Å²) in [4.78, 5) is 2.53. The van der Waals surface area contributed by atoms with Gasteiger partial charge in [0.15, 0.2) is 0 Å². The zero-order valence-electron chi connectivity index (χ0n) is 10.9. The first-order valence-corrected chi connectivity index (χ1v) is 6.82. The van der Waals surface area contributed by atoms with Crippen molar-refractivity contribution in [1.29, 1.82) is 0 Å². The topological polar surface area (TPSA) is 23.5 Å². The minimum Gasteiger partial charge on any atom is -0.508 e. The summed E-state index contributed by atoms with van der Waals surface area (Å²) in [6.07, 6.45) is 4.63. The molecule has 0 heterocycles. The predicted octanol–water partition coefficient (Wildman–Crippen LogP) is 3.50. The number of hydrogen-bond acceptors (Lipinski definition) is 2. The Labute approximate surface area is 104 Å². The van der Waals surface area contributed by atoms with Crippen LogP contribution in [-0.2, 0) is 6.42 Å². The Bertz CT molecular complexity index is 369. The molecule has 1 aliphatic carbocycles. The fraction of sp³-hybridized carbons (Fsp3) is 0.600. The van der Waals surface area contributed by atoms with Crippen molar-refractivity contribution in [1.82, 2.24) is 4.90 Å². The number of rotatable bonds is 5. The molecule has 0 radical (unpaired) electrons. The number of fused-ring (bicyclic) bond motifs is 1. The summed E-state index contributed by atoms with van der Waals surface area (Å²) in [5.74, 6) is 0.488. The maximum absolute atomic E-state index is 10.1. The van der Waals surface area contributed by atoms with Crippen molar-refractivity contribution in [2.24, 2.45) is 0 Å². The van der Waals surface area contributed by atoms with Crippen LogP contribution in [0.5, 0.6) is 5.75 Å². The van der Waals surface area contributed by atoms with Crippen LogP contribution < -0.4 is 0 Å². The standard InChI is InChI=1S/C15H23NO/c1-3-10-16(11-4-2)13-9-8-12-6-5-7-14(17)15(12)13/h5-7,13,17H,3-4,8-11H2,1-2H3/t13-/m1/s1. The first-order chi connectivity index (χ1) is 8.27. The van der Waals surface area contributed by atoms with E-state index in [0.29, 0.717) is 11.8 Å². The van der Waals surface area contributed by atoms with Gasteiger partial charge in [0.25, 0.3) is 0 Å². The molecule has 1 aliphatic rings. The van der Waals surface area contributed by atoms with Crippen LogP contribution in [-0.4, -0.2) is 23.1 Å². The van der Waals surface area contributed by atoms with E-state index in [2.05, 4.69) is 24.8 Å². The first kappa shape index (κ1) is 12.4. The highest BCUT2D eigenvalue weighted by atomic mass is 16.3. The first-order valence-electron chi connectivity index (χ1n) is 6.82. The number of nitrogens with zero attached hydrogens (tertiary/aromatic N) is 1. The quantitative estimate of drug-likeness (QED) is 0.841. The van der Waals surface area contributed by atoms with Crippen molar-refractivity contribution in [3.63, 3.8) is 0 Å². The molecule has 0 unspecified atom stereocenters. The summed E-state index contributed by atoms with van der Waals surface area (Å²) in [5, 5.41) is 10.1. The maximum atomic E-state index is 10.1. The number of phenols is 1. The van der Waals surface area contributed by atoms with Crippen molar-refractivity contribution < 1.29 is 5.11 Å². The van der Waals surface area contributed by atoms with Crippen molar-refractivity contribution in [2.45, 2.75) is 45.6 Å². The molecule has 1 atom stereocenters. The Kier molecular flexibility index (Phi) is 4.06. The molecule has 94 valence electrons. The smallest absolute Gasteiger partial charge is 0.120 e. The molecule has 2 nitrogen and oxygen atoms in total. The van der Waals surface area contributed by atoms with Crippen LogP contribution in [0.4, 0.5) is 0 Å². The molecule has 0 saturated heterocycles. The van der Waals surface area contributed by atoms with Gasteiger partial charge in [0.1, 0.15) is 5.75 Å². The van der Waals surface area contributed by atoms with Crippen LogP contribution in [0.1, 0.15) is 50.3 Å². The third-order valence-electron chi connectivity index (χ3n) is 3.66. The molecule has 0 amide bonds. The van der Waals surface area contributed by atoms with Gasteiger partial charge in [0.2, 0.25) is 0 Å². The zero-order chi connectivity index (χ0) is 12.3. The van der Waals surface area contributed by atoms with Gasteiger partial charge in [-0.15, -0.1) is 0 Å². The number of hydrogen-bond donors (Lipinski definition) is 1. The fourth-order valence-electron chi connectivity index (χ4n) is 3.00. The highest BCUT2D eigenvalue weighted by molar-refractivity contribution is 5.44. The molecule has 1 aromatic rings. The van der Waals surface area contributed by atoms with Gasteiger partial charge in [-0.25, -0.2) is 0 Å². The molecule has 0 saturated carbocycles. The fourth-order valence-corrected chi connectivity index (χ4v) is 3.00. The lowest BCUT2D eigenvalue weighted by molar-refractivity contribution is 0.194. The largest absolute Gasteiger partial charge is 0.508 e. The molecule has 2 rings (SSSR count). The second-order valence-electron chi connectivity index (χ2n) is 4.94. The van der Waals surface area contributed by atoms with E-state index >= 15 is 0 Å². The summed E-state index contributed by atoms with van der Waals surface area (Å²) in [5.41, 5.74) is 2.53. The number of benzene rings is 1. The highest BCUT2D eigenvalue weighted by Crippen LogP contribution is 2.40. The second kappa shape index (κ2) is 5.54. The molecular weight excluding hydrogens is 210 g/mol. The lowest BCUT2D eigenvalue weighted by Crippen LogP contribution is -2.29. The SMILES string of the molecule is CCCN(CCC)[C@@H]1CCc2cccc(O)c21. The summed E-state index contributed by atoms with van der Waals surface area (Å²) in [7, 11) is 0. The summed E-state index contributed by atoms with van der Waals surface area (Å²) in [6.45, 7) is 6.71. The monoisotopic (exact) mass is 233 g/mol. The average Bonchev–Trinajstić information content (AvgIpc) is 2.74. The Morgan fingerprint density at radius 2 is 1.94 bits per heavy atom. The summed E-state index contributed by atoms with van der Waals surface area (Å²) < 4.78 is 0. The number of phenolic OH excluding ortho intramolecular Hbond substituents is 1. The van der Waals surface area contributed by atoms with Gasteiger partial charge in [-0.2, -0.15) is 0 Å². The van der Waals surface area contributed by atoms with E-state index in [-0.39, 0.29) is 0 Å². The van der Waals surface area contributed by atoms with Gasteiger partial charge in [0, 0.05) is 11.6 Å². The van der Waals surface area contributed by atoms with Gasteiger partial charge >= 0.3 is 0 Å². The van der Waals surface area contributed by atoms with Crippen LogP contribution in [0.2, 0.25) is 0 Å². The normalized spacial score (nSPS) is 18.6. The van der Waals surface area contributed by atoms with Crippen molar-refractivity contribution >= 4 is 0 Å². The Balaban J connectivity index is 2.24. The van der Waals surface area contributed by atoms with Gasteiger partial charge in [0.05, 0.1) is 0 Å². The molecule has 17 heavy (non-hydrogen) atoms. The van der Waals surface area contributed by atoms with E-state index < -0.39 is 0 Å². The number of aromatic hydroxyl groups is 1. The molecule has 1 N–H and O–H groups in total. The second-order valence-corrected chi connectivity index (χ2v) is 4.94. The van der Waals surface area contributed by atoms with Crippen LogP contribution in [0, 0.1) is 0 Å². The third-order valence-corrected chi connectivity index (χ3v) is 3.66. The van der Waals surface area contributed by atoms with E-state index in [0.717, 1.165) is 25.9 Å². The van der Waals surface area contributed by atoms with Gasteiger partial charge < -0.3 is 5.11 Å². The average molecular weight is 233 g/mol.